The smallest absolute Gasteiger partial charge is 0.230 e. The van der Waals surface area contributed by atoms with E-state index in [0.717, 1.165) is 38.8 Å². The Morgan fingerprint density at radius 3 is 2.91 bits per heavy atom. The minimum atomic E-state index is -0.373. The summed E-state index contributed by atoms with van der Waals surface area (Å²) in [5.41, 5.74) is 3.52. The van der Waals surface area contributed by atoms with Gasteiger partial charge in [-0.05, 0) is 50.3 Å². The quantitative estimate of drug-likeness (QED) is 0.841. The van der Waals surface area contributed by atoms with Crippen LogP contribution >= 0.6 is 12.4 Å². The molecule has 1 heterocycles. The molecule has 4 heteroatoms. The second-order valence-electron chi connectivity index (χ2n) is 6.34. The van der Waals surface area contributed by atoms with Crippen LogP contribution in [0.4, 0.5) is 0 Å². The molecule has 0 bridgehead atoms. The highest BCUT2D eigenvalue weighted by atomic mass is 35.5. The predicted octanol–water partition coefficient (Wildman–Crippen LogP) is 2.74. The van der Waals surface area contributed by atoms with Gasteiger partial charge in [0.1, 0.15) is 0 Å². The van der Waals surface area contributed by atoms with Crippen molar-refractivity contribution in [2.45, 2.75) is 38.0 Å². The number of carbonyl (C=O) groups is 1. The third-order valence-corrected chi connectivity index (χ3v) is 4.87. The van der Waals surface area contributed by atoms with Crippen molar-refractivity contribution in [3.63, 3.8) is 0 Å². The van der Waals surface area contributed by atoms with E-state index in [0.29, 0.717) is 6.54 Å². The van der Waals surface area contributed by atoms with Gasteiger partial charge in [-0.15, -0.1) is 12.4 Å². The third-order valence-electron chi connectivity index (χ3n) is 4.87. The van der Waals surface area contributed by atoms with Crippen molar-refractivity contribution in [2.24, 2.45) is 0 Å². The summed E-state index contributed by atoms with van der Waals surface area (Å²) in [6.45, 7) is 4.72. The lowest BCUT2D eigenvalue weighted by molar-refractivity contribution is -0.126. The van der Waals surface area contributed by atoms with Crippen LogP contribution in [-0.4, -0.2) is 25.5 Å². The van der Waals surface area contributed by atoms with E-state index in [-0.39, 0.29) is 23.7 Å². The molecule has 1 unspecified atom stereocenters. The molecular weight excluding hydrogens is 296 g/mol. The van der Waals surface area contributed by atoms with Gasteiger partial charge < -0.3 is 10.6 Å². The Bertz CT molecular complexity index is 570. The van der Waals surface area contributed by atoms with Crippen molar-refractivity contribution in [1.29, 1.82) is 0 Å². The van der Waals surface area contributed by atoms with E-state index < -0.39 is 0 Å². The van der Waals surface area contributed by atoms with E-state index in [4.69, 9.17) is 0 Å². The molecule has 0 saturated heterocycles. The lowest BCUT2D eigenvalue weighted by Gasteiger charge is -2.34. The van der Waals surface area contributed by atoms with E-state index in [1.165, 1.54) is 16.7 Å². The van der Waals surface area contributed by atoms with Crippen LogP contribution in [-0.2, 0) is 16.6 Å². The van der Waals surface area contributed by atoms with Crippen molar-refractivity contribution in [3.05, 3.63) is 47.0 Å². The number of benzene rings is 1. The minimum Gasteiger partial charge on any atom is -0.352 e. The van der Waals surface area contributed by atoms with Crippen molar-refractivity contribution < 1.29 is 4.79 Å². The zero-order valence-electron chi connectivity index (χ0n) is 13.2. The molecule has 2 N–H and O–H groups in total. The van der Waals surface area contributed by atoms with Crippen LogP contribution in [0.3, 0.4) is 0 Å². The van der Waals surface area contributed by atoms with Crippen LogP contribution in [0, 0.1) is 0 Å². The molecule has 3 nitrogen and oxygen atoms in total. The Kier molecular flexibility index (Phi) is 5.65. The first-order valence-electron chi connectivity index (χ1n) is 7.95. The van der Waals surface area contributed by atoms with Gasteiger partial charge in [-0.3, -0.25) is 4.79 Å². The van der Waals surface area contributed by atoms with Gasteiger partial charge in [0.2, 0.25) is 5.91 Å². The molecule has 1 atom stereocenters. The Balaban J connectivity index is 0.00000176. The first kappa shape index (κ1) is 17.0. The fourth-order valence-electron chi connectivity index (χ4n) is 3.50. The van der Waals surface area contributed by atoms with Crippen molar-refractivity contribution in [3.8, 4) is 0 Å². The maximum Gasteiger partial charge on any atom is 0.230 e. The van der Waals surface area contributed by atoms with Gasteiger partial charge in [0.25, 0.3) is 0 Å². The number of amides is 1. The standard InChI is InChI=1S/C18H24N2O.ClH/c1-18(10-4-6-15-5-2-3-7-16(15)18)17(21)20-13-14-8-11-19-12-9-14;/h2-3,5,7-8,19H,4,6,9-13H2,1H3,(H,20,21);1H. The van der Waals surface area contributed by atoms with Gasteiger partial charge in [0.15, 0.2) is 0 Å². The first-order chi connectivity index (χ1) is 10.2. The molecule has 0 fully saturated rings. The summed E-state index contributed by atoms with van der Waals surface area (Å²) in [5, 5.41) is 6.47. The summed E-state index contributed by atoms with van der Waals surface area (Å²) in [6.07, 6.45) is 6.36. The number of hydrogen-bond donors (Lipinski definition) is 2. The zero-order chi connectivity index (χ0) is 14.7. The summed E-state index contributed by atoms with van der Waals surface area (Å²) in [5.74, 6) is 0.175. The molecule has 22 heavy (non-hydrogen) atoms. The van der Waals surface area contributed by atoms with Crippen LogP contribution < -0.4 is 10.6 Å². The van der Waals surface area contributed by atoms with Crippen LogP contribution in [0.15, 0.2) is 35.9 Å². The summed E-state index contributed by atoms with van der Waals surface area (Å²) in [7, 11) is 0. The monoisotopic (exact) mass is 320 g/mol. The molecule has 1 aliphatic heterocycles. The largest absolute Gasteiger partial charge is 0.352 e. The lowest BCUT2D eigenvalue weighted by Crippen LogP contribution is -2.45. The topological polar surface area (TPSA) is 41.1 Å². The highest BCUT2D eigenvalue weighted by Crippen LogP contribution is 2.37. The Labute approximate surface area is 139 Å². The molecule has 1 aromatic carbocycles. The van der Waals surface area contributed by atoms with Crippen molar-refractivity contribution in [1.82, 2.24) is 10.6 Å². The van der Waals surface area contributed by atoms with Crippen LogP contribution in [0.2, 0.25) is 0 Å². The number of rotatable bonds is 3. The SMILES string of the molecule is CC1(C(=O)NCC2=CCNCC2)CCCc2ccccc21.Cl. The van der Waals surface area contributed by atoms with Crippen molar-refractivity contribution in [2.75, 3.05) is 19.6 Å². The number of nitrogens with one attached hydrogen (secondary N) is 2. The molecule has 1 aliphatic carbocycles. The van der Waals surface area contributed by atoms with E-state index >= 15 is 0 Å². The minimum absolute atomic E-state index is 0. The first-order valence-corrected chi connectivity index (χ1v) is 7.95. The molecule has 2 aliphatic rings. The fourth-order valence-corrected chi connectivity index (χ4v) is 3.50. The van der Waals surface area contributed by atoms with Gasteiger partial charge in [-0.25, -0.2) is 0 Å². The molecule has 3 rings (SSSR count). The van der Waals surface area contributed by atoms with Crippen LogP contribution in [0.25, 0.3) is 0 Å². The van der Waals surface area contributed by atoms with E-state index in [2.05, 4.69) is 41.8 Å². The van der Waals surface area contributed by atoms with Gasteiger partial charge in [0, 0.05) is 13.1 Å². The van der Waals surface area contributed by atoms with Gasteiger partial charge in [0.05, 0.1) is 5.41 Å². The number of halogens is 1. The van der Waals surface area contributed by atoms with E-state index in [1.54, 1.807) is 0 Å². The molecule has 0 spiro atoms. The number of fused-ring (bicyclic) bond motifs is 1. The Morgan fingerprint density at radius 1 is 1.32 bits per heavy atom. The summed E-state index contributed by atoms with van der Waals surface area (Å²) in [4.78, 5) is 12.8. The Hall–Kier alpha value is -1.32. The molecule has 0 saturated carbocycles. The van der Waals surface area contributed by atoms with E-state index in [9.17, 15) is 4.79 Å². The second-order valence-corrected chi connectivity index (χ2v) is 6.34. The maximum absolute atomic E-state index is 12.8. The highest BCUT2D eigenvalue weighted by Gasteiger charge is 2.38. The average molecular weight is 321 g/mol. The van der Waals surface area contributed by atoms with Crippen molar-refractivity contribution >= 4 is 18.3 Å². The zero-order valence-corrected chi connectivity index (χ0v) is 14.0. The number of aryl methyl sites for hydroxylation is 1. The Morgan fingerprint density at radius 2 is 2.14 bits per heavy atom. The highest BCUT2D eigenvalue weighted by molar-refractivity contribution is 5.88. The average Bonchev–Trinajstić information content (AvgIpc) is 2.54. The summed E-state index contributed by atoms with van der Waals surface area (Å²) >= 11 is 0. The summed E-state index contributed by atoms with van der Waals surface area (Å²) < 4.78 is 0. The fraction of sp³-hybridized carbons (Fsp3) is 0.500. The molecule has 1 amide bonds. The molecule has 120 valence electrons. The third kappa shape index (κ3) is 3.36. The number of hydrogen-bond acceptors (Lipinski definition) is 2. The van der Waals surface area contributed by atoms with Gasteiger partial charge in [-0.1, -0.05) is 35.9 Å². The predicted molar refractivity (Wildman–Crippen MR) is 92.6 cm³/mol. The molecule has 0 radical (unpaired) electrons. The normalized spacial score (nSPS) is 23.8. The second kappa shape index (κ2) is 7.30. The van der Waals surface area contributed by atoms with E-state index in [1.807, 2.05) is 6.07 Å². The number of carbonyl (C=O) groups excluding carboxylic acids is 1. The van der Waals surface area contributed by atoms with Crippen LogP contribution in [0.1, 0.15) is 37.3 Å². The molecule has 1 aromatic rings. The molecular formula is C18H25ClN2O. The lowest BCUT2D eigenvalue weighted by atomic mass is 9.70. The van der Waals surface area contributed by atoms with Gasteiger partial charge in [-0.2, -0.15) is 0 Å². The molecule has 0 aromatic heterocycles. The van der Waals surface area contributed by atoms with Gasteiger partial charge >= 0.3 is 0 Å². The summed E-state index contributed by atoms with van der Waals surface area (Å²) in [6, 6.07) is 8.40. The van der Waals surface area contributed by atoms with Crippen LogP contribution in [0.5, 0.6) is 0 Å². The maximum atomic E-state index is 12.8.